The number of nitrogens with one attached hydrogen (secondary N) is 1. The summed E-state index contributed by atoms with van der Waals surface area (Å²) < 4.78 is 5.56. The molecule has 1 aromatic rings. The van der Waals surface area contributed by atoms with Crippen molar-refractivity contribution in [3.8, 4) is 0 Å². The Labute approximate surface area is 129 Å². The molecule has 1 N–H and O–H groups in total. The molecule has 1 fully saturated rings. The fourth-order valence-electron chi connectivity index (χ4n) is 3.54. The average Bonchev–Trinajstić information content (AvgIpc) is 3.02. The molecule has 4 nitrogen and oxygen atoms in total. The van der Waals surface area contributed by atoms with Gasteiger partial charge in [0.1, 0.15) is 0 Å². The lowest BCUT2D eigenvalue weighted by Crippen LogP contribution is -2.33. The summed E-state index contributed by atoms with van der Waals surface area (Å²) >= 11 is 0. The van der Waals surface area contributed by atoms with Gasteiger partial charge in [0.2, 0.25) is 5.89 Å². The Hall–Kier alpha value is -0.900. The topological polar surface area (TPSA) is 51.0 Å². The molecule has 2 rings (SSSR count). The van der Waals surface area contributed by atoms with Gasteiger partial charge < -0.3 is 9.84 Å². The van der Waals surface area contributed by atoms with Crippen molar-refractivity contribution >= 4 is 0 Å². The van der Waals surface area contributed by atoms with Gasteiger partial charge in [-0.15, -0.1) is 0 Å². The maximum absolute atomic E-state index is 5.56. The van der Waals surface area contributed by atoms with Gasteiger partial charge in [0.15, 0.2) is 5.82 Å². The molecule has 0 aliphatic heterocycles. The van der Waals surface area contributed by atoms with Crippen LogP contribution in [0.1, 0.15) is 89.8 Å². The van der Waals surface area contributed by atoms with Gasteiger partial charge in [0, 0.05) is 12.0 Å². The maximum atomic E-state index is 5.56. The van der Waals surface area contributed by atoms with E-state index in [0.717, 1.165) is 30.6 Å². The van der Waals surface area contributed by atoms with Crippen LogP contribution in [0.15, 0.2) is 4.52 Å². The molecule has 2 atom stereocenters. The summed E-state index contributed by atoms with van der Waals surface area (Å²) in [5.74, 6) is 3.44. The zero-order chi connectivity index (χ0) is 15.2. The first-order valence-corrected chi connectivity index (χ1v) is 8.76. The van der Waals surface area contributed by atoms with E-state index in [1.807, 2.05) is 0 Å². The fraction of sp³-hybridized carbons (Fsp3) is 0.882. The first-order chi connectivity index (χ1) is 10.2. The number of hydrogen-bond acceptors (Lipinski definition) is 4. The second kappa shape index (κ2) is 7.92. The second-order valence-corrected chi connectivity index (χ2v) is 6.48. The van der Waals surface area contributed by atoms with E-state index < -0.39 is 0 Å². The van der Waals surface area contributed by atoms with Crippen LogP contribution in [-0.2, 0) is 0 Å². The van der Waals surface area contributed by atoms with E-state index in [4.69, 9.17) is 9.51 Å². The Morgan fingerprint density at radius 3 is 2.48 bits per heavy atom. The average molecular weight is 293 g/mol. The van der Waals surface area contributed by atoms with Crippen molar-refractivity contribution in [3.05, 3.63) is 11.7 Å². The third-order valence-corrected chi connectivity index (χ3v) is 5.15. The highest BCUT2D eigenvalue weighted by Gasteiger charge is 2.27. The van der Waals surface area contributed by atoms with E-state index in [0.29, 0.717) is 12.0 Å². The monoisotopic (exact) mass is 293 g/mol. The van der Waals surface area contributed by atoms with Crippen molar-refractivity contribution in [2.75, 3.05) is 6.54 Å². The highest BCUT2D eigenvalue weighted by atomic mass is 16.5. The molecule has 1 aromatic heterocycles. The van der Waals surface area contributed by atoms with E-state index in [-0.39, 0.29) is 5.92 Å². The van der Waals surface area contributed by atoms with Gasteiger partial charge in [-0.1, -0.05) is 39.3 Å². The van der Waals surface area contributed by atoms with Crippen LogP contribution in [0, 0.1) is 5.92 Å². The predicted octanol–water partition coefficient (Wildman–Crippen LogP) is 4.25. The third kappa shape index (κ3) is 4.06. The smallest absolute Gasteiger partial charge is 0.231 e. The Morgan fingerprint density at radius 1 is 1.19 bits per heavy atom. The van der Waals surface area contributed by atoms with Crippen molar-refractivity contribution in [1.82, 2.24) is 15.5 Å². The van der Waals surface area contributed by atoms with Crippen molar-refractivity contribution in [2.24, 2.45) is 5.92 Å². The molecule has 1 saturated carbocycles. The van der Waals surface area contributed by atoms with Crippen molar-refractivity contribution < 1.29 is 4.52 Å². The normalized spacial score (nSPS) is 25.7. The summed E-state index contributed by atoms with van der Waals surface area (Å²) in [5, 5.41) is 7.78. The standard InChI is InChI=1S/C17H31N3O/c1-5-13-8-10-14(11-9-13)16-19-17(21-20-16)12(4)15(6-2)18-7-3/h12-15,18H,5-11H2,1-4H3. The molecule has 0 bridgehead atoms. The summed E-state index contributed by atoms with van der Waals surface area (Å²) in [6.07, 6.45) is 7.45. The van der Waals surface area contributed by atoms with Gasteiger partial charge in [0.25, 0.3) is 0 Å². The molecule has 21 heavy (non-hydrogen) atoms. The van der Waals surface area contributed by atoms with Crippen LogP contribution < -0.4 is 5.32 Å². The SMILES string of the molecule is CCNC(CC)C(C)c1nc(C2CCC(CC)CC2)no1. The molecule has 120 valence electrons. The molecule has 1 aliphatic rings. The second-order valence-electron chi connectivity index (χ2n) is 6.48. The Morgan fingerprint density at radius 2 is 1.90 bits per heavy atom. The number of hydrogen-bond donors (Lipinski definition) is 1. The van der Waals surface area contributed by atoms with Crippen molar-refractivity contribution in [2.45, 2.75) is 84.1 Å². The quantitative estimate of drug-likeness (QED) is 0.816. The number of likely N-dealkylation sites (N-methyl/N-ethyl adjacent to an activating group) is 1. The summed E-state index contributed by atoms with van der Waals surface area (Å²) in [6.45, 7) is 9.80. The van der Waals surface area contributed by atoms with E-state index in [9.17, 15) is 0 Å². The van der Waals surface area contributed by atoms with Gasteiger partial charge in [-0.05, 0) is 44.6 Å². The van der Waals surface area contributed by atoms with E-state index in [1.165, 1.54) is 32.1 Å². The molecule has 0 amide bonds. The molecule has 0 radical (unpaired) electrons. The lowest BCUT2D eigenvalue weighted by molar-refractivity contribution is 0.296. The summed E-state index contributed by atoms with van der Waals surface area (Å²) in [7, 11) is 0. The molecular formula is C17H31N3O. The van der Waals surface area contributed by atoms with Crippen molar-refractivity contribution in [3.63, 3.8) is 0 Å². The lowest BCUT2D eigenvalue weighted by atomic mass is 9.80. The van der Waals surface area contributed by atoms with Gasteiger partial charge >= 0.3 is 0 Å². The highest BCUT2D eigenvalue weighted by molar-refractivity contribution is 5.02. The first kappa shape index (κ1) is 16.5. The van der Waals surface area contributed by atoms with Crippen LogP contribution in [-0.4, -0.2) is 22.7 Å². The number of rotatable bonds is 7. The number of aromatic nitrogens is 2. The van der Waals surface area contributed by atoms with E-state index in [2.05, 4.69) is 38.2 Å². The fourth-order valence-corrected chi connectivity index (χ4v) is 3.54. The molecule has 0 spiro atoms. The zero-order valence-corrected chi connectivity index (χ0v) is 14.1. The summed E-state index contributed by atoms with van der Waals surface area (Å²) in [5.41, 5.74) is 0. The molecular weight excluding hydrogens is 262 g/mol. The summed E-state index contributed by atoms with van der Waals surface area (Å²) in [6, 6.07) is 0.416. The Bertz CT molecular complexity index is 410. The number of nitrogens with zero attached hydrogens (tertiary/aromatic N) is 2. The summed E-state index contributed by atoms with van der Waals surface area (Å²) in [4.78, 5) is 4.72. The van der Waals surface area contributed by atoms with E-state index in [1.54, 1.807) is 0 Å². The van der Waals surface area contributed by atoms with Crippen molar-refractivity contribution in [1.29, 1.82) is 0 Å². The highest BCUT2D eigenvalue weighted by Crippen LogP contribution is 2.36. The van der Waals surface area contributed by atoms with Crippen LogP contribution in [0.3, 0.4) is 0 Å². The van der Waals surface area contributed by atoms with Crippen LogP contribution in [0.25, 0.3) is 0 Å². The minimum atomic E-state index is 0.281. The largest absolute Gasteiger partial charge is 0.339 e. The van der Waals surface area contributed by atoms with Crippen LogP contribution in [0.2, 0.25) is 0 Å². The molecule has 1 heterocycles. The van der Waals surface area contributed by atoms with Gasteiger partial charge in [0.05, 0.1) is 5.92 Å². The predicted molar refractivity (Wildman–Crippen MR) is 85.5 cm³/mol. The van der Waals surface area contributed by atoms with Crippen LogP contribution >= 0.6 is 0 Å². The molecule has 1 aliphatic carbocycles. The lowest BCUT2D eigenvalue weighted by Gasteiger charge is -2.25. The van der Waals surface area contributed by atoms with Gasteiger partial charge in [-0.25, -0.2) is 0 Å². The Balaban J connectivity index is 1.97. The minimum absolute atomic E-state index is 0.281. The van der Waals surface area contributed by atoms with Crippen LogP contribution in [0.4, 0.5) is 0 Å². The molecule has 2 unspecified atom stereocenters. The van der Waals surface area contributed by atoms with E-state index >= 15 is 0 Å². The first-order valence-electron chi connectivity index (χ1n) is 8.76. The Kier molecular flexibility index (Phi) is 6.22. The maximum Gasteiger partial charge on any atom is 0.231 e. The molecule has 0 saturated heterocycles. The third-order valence-electron chi connectivity index (χ3n) is 5.15. The van der Waals surface area contributed by atoms with Gasteiger partial charge in [-0.2, -0.15) is 4.98 Å². The molecule has 4 heteroatoms. The molecule has 0 aromatic carbocycles. The van der Waals surface area contributed by atoms with Gasteiger partial charge in [-0.3, -0.25) is 0 Å². The zero-order valence-electron chi connectivity index (χ0n) is 14.1. The van der Waals surface area contributed by atoms with Crippen LogP contribution in [0.5, 0.6) is 0 Å². The minimum Gasteiger partial charge on any atom is -0.339 e.